The zero-order chi connectivity index (χ0) is 28.6. The van der Waals surface area contributed by atoms with E-state index in [1.165, 1.54) is 12.0 Å². The van der Waals surface area contributed by atoms with Crippen LogP contribution in [-0.2, 0) is 19.1 Å². The second kappa shape index (κ2) is 11.0. The lowest BCUT2D eigenvalue weighted by molar-refractivity contribution is -0.152. The minimum absolute atomic E-state index is 0.104. The van der Waals surface area contributed by atoms with Crippen molar-refractivity contribution >= 4 is 29.0 Å². The number of nitrogens with one attached hydrogen (secondary N) is 1. The van der Waals surface area contributed by atoms with Crippen molar-refractivity contribution in [1.82, 2.24) is 20.2 Å². The van der Waals surface area contributed by atoms with Crippen molar-refractivity contribution in [3.05, 3.63) is 29.5 Å². The smallest absolute Gasteiger partial charge is 0.408 e. The molecule has 2 bridgehead atoms. The molecule has 2 aromatic rings. The highest BCUT2D eigenvalue weighted by Gasteiger charge is 2.47. The van der Waals surface area contributed by atoms with Crippen molar-refractivity contribution in [1.29, 1.82) is 0 Å². The Bertz CT molecular complexity index is 1390. The predicted molar refractivity (Wildman–Crippen MR) is 146 cm³/mol. The van der Waals surface area contributed by atoms with Crippen molar-refractivity contribution in [3.63, 3.8) is 0 Å². The molecule has 5 atom stereocenters. The van der Waals surface area contributed by atoms with Gasteiger partial charge in [-0.05, 0) is 61.1 Å². The van der Waals surface area contributed by atoms with E-state index in [1.54, 1.807) is 0 Å². The zero-order valence-electron chi connectivity index (χ0n) is 23.7. The van der Waals surface area contributed by atoms with Crippen molar-refractivity contribution in [2.45, 2.75) is 84.1 Å². The van der Waals surface area contributed by atoms with Crippen LogP contribution in [-0.4, -0.2) is 70.8 Å². The fourth-order valence-electron chi connectivity index (χ4n) is 5.33. The van der Waals surface area contributed by atoms with Gasteiger partial charge in [-0.3, -0.25) is 4.79 Å². The van der Waals surface area contributed by atoms with Gasteiger partial charge in [0, 0.05) is 12.8 Å². The van der Waals surface area contributed by atoms with E-state index >= 15 is 0 Å². The highest BCUT2D eigenvalue weighted by Crippen LogP contribution is 2.38. The Morgan fingerprint density at radius 1 is 1.15 bits per heavy atom. The number of fused-ring (bicyclic) bond motifs is 5. The first-order valence-corrected chi connectivity index (χ1v) is 13.8. The Kier molecular flexibility index (Phi) is 7.58. The summed E-state index contributed by atoms with van der Waals surface area (Å²) in [6.45, 7) is 7.66. The van der Waals surface area contributed by atoms with E-state index in [-0.39, 0.29) is 30.9 Å². The Labute approximate surface area is 234 Å². The van der Waals surface area contributed by atoms with Gasteiger partial charge in [-0.15, -0.1) is 0 Å². The van der Waals surface area contributed by atoms with Crippen LogP contribution in [0.4, 0.5) is 4.79 Å². The third kappa shape index (κ3) is 5.98. The van der Waals surface area contributed by atoms with Crippen molar-refractivity contribution in [3.8, 4) is 17.7 Å². The van der Waals surface area contributed by atoms with Gasteiger partial charge in [-0.1, -0.05) is 32.8 Å². The maximum absolute atomic E-state index is 13.9. The van der Waals surface area contributed by atoms with E-state index in [0.29, 0.717) is 23.1 Å². The van der Waals surface area contributed by atoms with Gasteiger partial charge in [0.25, 0.3) is 0 Å². The second-order valence-electron chi connectivity index (χ2n) is 12.0. The van der Waals surface area contributed by atoms with E-state index < -0.39 is 41.6 Å². The Morgan fingerprint density at radius 3 is 2.70 bits per heavy atom. The molecule has 1 saturated carbocycles. The van der Waals surface area contributed by atoms with Crippen LogP contribution in [0.25, 0.3) is 11.0 Å². The number of methoxy groups -OCH3 is 1. The predicted octanol–water partition coefficient (Wildman–Crippen LogP) is 3.52. The van der Waals surface area contributed by atoms with Gasteiger partial charge in [0.05, 0.1) is 24.7 Å². The molecule has 10 nitrogen and oxygen atoms in total. The fraction of sp³-hybridized carbons (Fsp3) is 0.567. The fourth-order valence-corrected chi connectivity index (χ4v) is 5.33. The molecule has 1 aromatic carbocycles. The van der Waals surface area contributed by atoms with Gasteiger partial charge in [-0.2, -0.15) is 0 Å². The topological polar surface area (TPSA) is 120 Å². The van der Waals surface area contributed by atoms with Crippen LogP contribution in [0.2, 0.25) is 0 Å². The van der Waals surface area contributed by atoms with Crippen molar-refractivity contribution in [2.24, 2.45) is 11.3 Å². The summed E-state index contributed by atoms with van der Waals surface area (Å²) in [6, 6.07) is 4.00. The maximum atomic E-state index is 13.9. The van der Waals surface area contributed by atoms with Crippen molar-refractivity contribution in [2.75, 3.05) is 13.7 Å². The second-order valence-corrected chi connectivity index (χ2v) is 12.0. The normalized spacial score (nSPS) is 27.0. The average molecular weight is 549 g/mol. The number of rotatable bonds is 1. The van der Waals surface area contributed by atoms with Crippen LogP contribution in [0.5, 0.6) is 5.88 Å². The van der Waals surface area contributed by atoms with Gasteiger partial charge in [-0.25, -0.2) is 19.6 Å². The lowest BCUT2D eigenvalue weighted by atomic mass is 9.85. The number of benzene rings is 1. The van der Waals surface area contributed by atoms with Crippen LogP contribution in [0.1, 0.15) is 64.1 Å². The molecule has 1 saturated heterocycles. The zero-order valence-corrected chi connectivity index (χ0v) is 23.7. The summed E-state index contributed by atoms with van der Waals surface area (Å²) in [7, 11) is 1.29. The molecule has 0 radical (unpaired) electrons. The summed E-state index contributed by atoms with van der Waals surface area (Å²) >= 11 is 0. The van der Waals surface area contributed by atoms with E-state index in [1.807, 2.05) is 45.9 Å². The number of alkyl carbamates (subject to hydrolysis) is 1. The first-order valence-electron chi connectivity index (χ1n) is 13.8. The van der Waals surface area contributed by atoms with Gasteiger partial charge in [0.1, 0.15) is 24.3 Å². The first-order chi connectivity index (χ1) is 19.0. The molecule has 0 spiro atoms. The first kappa shape index (κ1) is 27.7. The summed E-state index contributed by atoms with van der Waals surface area (Å²) in [5.74, 6) is 5.91. The largest absolute Gasteiger partial charge is 0.470 e. The van der Waals surface area contributed by atoms with Crippen LogP contribution < -0.4 is 10.1 Å². The van der Waals surface area contributed by atoms with Gasteiger partial charge < -0.3 is 24.4 Å². The molecule has 40 heavy (non-hydrogen) atoms. The highest BCUT2D eigenvalue weighted by atomic mass is 16.6. The van der Waals surface area contributed by atoms with Crippen LogP contribution in [0.15, 0.2) is 18.2 Å². The Morgan fingerprint density at radius 2 is 1.95 bits per heavy atom. The number of aryl methyl sites for hydroxylation is 1. The SMILES string of the molecule is COC(=O)[C@@H]1CC2CN1C(=O)[C@H](C(C)(C)C)NC(=O)OC1C[C@H]1CCCC#Cc1nc3ccc(C)cc3nc1O2. The monoisotopic (exact) mass is 548 g/mol. The Balaban J connectivity index is 1.52. The van der Waals surface area contributed by atoms with E-state index in [4.69, 9.17) is 24.2 Å². The summed E-state index contributed by atoms with van der Waals surface area (Å²) in [4.78, 5) is 50.4. The number of amides is 2. The molecule has 1 aromatic heterocycles. The molecular weight excluding hydrogens is 512 g/mol. The highest BCUT2D eigenvalue weighted by molar-refractivity contribution is 5.91. The molecule has 2 fully saturated rings. The number of ether oxygens (including phenoxy) is 3. The summed E-state index contributed by atoms with van der Waals surface area (Å²) in [5.41, 5.74) is 2.19. The average Bonchev–Trinajstić information content (AvgIpc) is 3.49. The number of carbonyl (C=O) groups is 3. The molecule has 3 aliphatic rings. The molecular formula is C30H36N4O6. The lowest BCUT2D eigenvalue weighted by Gasteiger charge is -2.34. The van der Waals surface area contributed by atoms with Gasteiger partial charge >= 0.3 is 12.1 Å². The molecule has 2 aliphatic heterocycles. The van der Waals surface area contributed by atoms with Gasteiger partial charge in [0.15, 0.2) is 5.69 Å². The number of nitrogens with zero attached hydrogens (tertiary/aromatic N) is 3. The third-order valence-electron chi connectivity index (χ3n) is 7.66. The molecule has 10 heteroatoms. The van der Waals surface area contributed by atoms with Crippen molar-refractivity contribution < 1.29 is 28.6 Å². The molecule has 1 aliphatic carbocycles. The van der Waals surface area contributed by atoms with Crippen LogP contribution in [0, 0.1) is 30.1 Å². The van der Waals surface area contributed by atoms with Gasteiger partial charge in [0.2, 0.25) is 11.8 Å². The lowest BCUT2D eigenvalue weighted by Crippen LogP contribution is -2.57. The van der Waals surface area contributed by atoms with E-state index in [9.17, 15) is 14.4 Å². The molecule has 2 amide bonds. The summed E-state index contributed by atoms with van der Waals surface area (Å²) in [6.07, 6.45) is 2.03. The summed E-state index contributed by atoms with van der Waals surface area (Å²) in [5, 5.41) is 2.78. The number of carbonyl (C=O) groups excluding carboxylic acids is 3. The third-order valence-corrected chi connectivity index (χ3v) is 7.66. The number of hydrogen-bond acceptors (Lipinski definition) is 8. The molecule has 3 heterocycles. The number of hydrogen-bond donors (Lipinski definition) is 1. The summed E-state index contributed by atoms with van der Waals surface area (Å²) < 4.78 is 17.0. The molecule has 212 valence electrons. The van der Waals surface area contributed by atoms with E-state index in [2.05, 4.69) is 17.2 Å². The quantitative estimate of drug-likeness (QED) is 0.425. The maximum Gasteiger partial charge on any atom is 0.408 e. The molecule has 2 unspecified atom stereocenters. The standard InChI is InChI=1S/C30H36N4O6/c1-17-11-12-20-22(13-17)32-26-21(31-20)10-8-6-7-9-18-14-24(18)40-29(37)33-25(30(2,3)4)27(35)34-16-19(39-26)15-23(34)28(36)38-5/h11-13,18-19,23-25H,6-7,9,14-16H2,1-5H3,(H,33,37)/t18-,19?,23+,24?,25-/m1/s1. The molecule has 1 N–H and O–H groups in total. The number of esters is 1. The molecule has 5 rings (SSSR count). The Hall–Kier alpha value is -3.87. The number of aromatic nitrogens is 2. The minimum Gasteiger partial charge on any atom is -0.470 e. The van der Waals surface area contributed by atoms with Crippen LogP contribution >= 0.6 is 0 Å². The van der Waals surface area contributed by atoms with Crippen LogP contribution in [0.3, 0.4) is 0 Å². The van der Waals surface area contributed by atoms with E-state index in [0.717, 1.165) is 24.8 Å². The minimum atomic E-state index is -0.924.